The molecule has 5 nitrogen and oxygen atoms in total. The van der Waals surface area contributed by atoms with Crippen molar-refractivity contribution in [2.75, 3.05) is 13.1 Å². The van der Waals surface area contributed by atoms with Crippen LogP contribution in [0.15, 0.2) is 63.5 Å². The molecule has 1 aromatic carbocycles. The van der Waals surface area contributed by atoms with Crippen LogP contribution in [-0.2, 0) is 13.0 Å². The number of guanidine groups is 1. The molecular weight excluding hydrogens is 401 g/mol. The maximum absolute atomic E-state index is 13.6. The first-order chi connectivity index (χ1) is 13.6. The van der Waals surface area contributed by atoms with Crippen molar-refractivity contribution >= 4 is 28.9 Å². The lowest BCUT2D eigenvalue weighted by molar-refractivity contribution is 0.180. The van der Waals surface area contributed by atoms with Gasteiger partial charge in [-0.1, -0.05) is 23.7 Å². The van der Waals surface area contributed by atoms with Crippen LogP contribution in [0.1, 0.15) is 22.3 Å². The van der Waals surface area contributed by atoms with Gasteiger partial charge in [-0.25, -0.2) is 9.38 Å². The summed E-state index contributed by atoms with van der Waals surface area (Å²) in [6, 6.07) is 12.0. The fourth-order valence-corrected chi connectivity index (χ4v) is 3.27. The average molecular weight is 422 g/mol. The highest BCUT2D eigenvalue weighted by Crippen LogP contribution is 2.20. The van der Waals surface area contributed by atoms with Crippen molar-refractivity contribution in [1.29, 1.82) is 0 Å². The predicted molar refractivity (Wildman–Crippen MR) is 110 cm³/mol. The third-order valence-electron chi connectivity index (χ3n) is 4.01. The number of thiophene rings is 1. The van der Waals surface area contributed by atoms with Crippen LogP contribution in [0, 0.1) is 5.82 Å². The lowest BCUT2D eigenvalue weighted by atomic mass is 10.1. The van der Waals surface area contributed by atoms with Crippen molar-refractivity contribution in [3.05, 3.63) is 81.1 Å². The molecule has 0 bridgehead atoms. The molecule has 3 N–H and O–H groups in total. The fraction of sp³-hybridized carbons (Fsp3) is 0.250. The average Bonchev–Trinajstić information content (AvgIpc) is 3.39. The van der Waals surface area contributed by atoms with E-state index in [0.29, 0.717) is 31.0 Å². The van der Waals surface area contributed by atoms with Crippen LogP contribution in [0.5, 0.6) is 0 Å². The molecular formula is C20H21ClFN3O2S. The Balaban J connectivity index is 1.58. The summed E-state index contributed by atoms with van der Waals surface area (Å²) in [6.07, 6.45) is 1.45. The number of aliphatic hydroxyl groups is 1. The van der Waals surface area contributed by atoms with Crippen molar-refractivity contribution in [2.45, 2.75) is 19.1 Å². The maximum Gasteiger partial charge on any atom is 0.191 e. The van der Waals surface area contributed by atoms with Gasteiger partial charge < -0.3 is 20.2 Å². The summed E-state index contributed by atoms with van der Waals surface area (Å²) < 4.78 is 18.9. The fourth-order valence-electron chi connectivity index (χ4n) is 2.52. The zero-order valence-electron chi connectivity index (χ0n) is 15.1. The van der Waals surface area contributed by atoms with E-state index in [4.69, 9.17) is 16.0 Å². The van der Waals surface area contributed by atoms with Gasteiger partial charge in [0, 0.05) is 24.4 Å². The molecule has 0 amide bonds. The summed E-state index contributed by atoms with van der Waals surface area (Å²) in [4.78, 5) is 5.68. The number of nitrogens with zero attached hydrogens (tertiary/aromatic N) is 1. The van der Waals surface area contributed by atoms with Gasteiger partial charge in [0.05, 0.1) is 23.9 Å². The largest absolute Gasteiger partial charge is 0.469 e. The number of nitrogens with one attached hydrogen (secondary N) is 2. The van der Waals surface area contributed by atoms with Crippen LogP contribution in [0.3, 0.4) is 0 Å². The minimum atomic E-state index is -0.898. The Bertz CT molecular complexity index is 885. The molecule has 2 aromatic heterocycles. The molecule has 3 rings (SSSR count). The minimum absolute atomic E-state index is 0.0294. The van der Waals surface area contributed by atoms with Gasteiger partial charge in [0.1, 0.15) is 11.6 Å². The molecule has 0 radical (unpaired) electrons. The molecule has 148 valence electrons. The SMILES string of the molecule is OC(CNC(=NCc1cccs1)NCCc1ccco1)c1ccc(Cl)c(F)c1. The number of hydrogen-bond donors (Lipinski definition) is 3. The highest BCUT2D eigenvalue weighted by molar-refractivity contribution is 7.09. The predicted octanol–water partition coefficient (Wildman–Crippen LogP) is 4.15. The number of furan rings is 1. The molecule has 0 aliphatic heterocycles. The van der Waals surface area contributed by atoms with Gasteiger partial charge in [0.25, 0.3) is 0 Å². The lowest BCUT2D eigenvalue weighted by Crippen LogP contribution is -2.40. The number of benzene rings is 1. The maximum atomic E-state index is 13.6. The van der Waals surface area contributed by atoms with E-state index >= 15 is 0 Å². The quantitative estimate of drug-likeness (QED) is 0.377. The molecule has 0 aliphatic carbocycles. The van der Waals surface area contributed by atoms with Crippen LogP contribution >= 0.6 is 22.9 Å². The summed E-state index contributed by atoms with van der Waals surface area (Å²) in [5.74, 6) is 0.886. The first-order valence-electron chi connectivity index (χ1n) is 8.82. The van der Waals surface area contributed by atoms with E-state index in [1.165, 1.54) is 12.1 Å². The topological polar surface area (TPSA) is 69.8 Å². The molecule has 1 unspecified atom stereocenters. The third kappa shape index (κ3) is 6.09. The number of rotatable bonds is 8. The summed E-state index contributed by atoms with van der Waals surface area (Å²) in [5.41, 5.74) is 0.447. The van der Waals surface area contributed by atoms with Gasteiger partial charge >= 0.3 is 0 Å². The van der Waals surface area contributed by atoms with E-state index in [0.717, 1.165) is 10.6 Å². The smallest absolute Gasteiger partial charge is 0.191 e. The Morgan fingerprint density at radius 2 is 2.14 bits per heavy atom. The molecule has 0 saturated carbocycles. The van der Waals surface area contributed by atoms with Crippen molar-refractivity contribution in [3.8, 4) is 0 Å². The van der Waals surface area contributed by atoms with E-state index in [9.17, 15) is 9.50 Å². The van der Waals surface area contributed by atoms with Crippen LogP contribution in [0.2, 0.25) is 5.02 Å². The Morgan fingerprint density at radius 1 is 1.25 bits per heavy atom. The van der Waals surface area contributed by atoms with Gasteiger partial charge in [0.15, 0.2) is 5.96 Å². The molecule has 0 fully saturated rings. The molecule has 0 saturated heterocycles. The normalized spacial score (nSPS) is 12.8. The van der Waals surface area contributed by atoms with Crippen LogP contribution in [0.4, 0.5) is 4.39 Å². The third-order valence-corrected chi connectivity index (χ3v) is 5.18. The number of aliphatic imine (C=N–C) groups is 1. The zero-order chi connectivity index (χ0) is 19.8. The first-order valence-corrected chi connectivity index (χ1v) is 10.1. The second kappa shape index (κ2) is 10.3. The van der Waals surface area contributed by atoms with Crippen LogP contribution in [0.25, 0.3) is 0 Å². The van der Waals surface area contributed by atoms with E-state index < -0.39 is 11.9 Å². The minimum Gasteiger partial charge on any atom is -0.469 e. The number of halogens is 2. The van der Waals surface area contributed by atoms with Crippen LogP contribution < -0.4 is 10.6 Å². The number of hydrogen-bond acceptors (Lipinski definition) is 4. The van der Waals surface area contributed by atoms with Gasteiger partial charge in [-0.2, -0.15) is 0 Å². The second-order valence-electron chi connectivity index (χ2n) is 6.07. The molecule has 8 heteroatoms. The van der Waals surface area contributed by atoms with Crippen LogP contribution in [-0.4, -0.2) is 24.2 Å². The Kier molecular flexibility index (Phi) is 7.47. The van der Waals surface area contributed by atoms with E-state index in [1.54, 1.807) is 23.7 Å². The summed E-state index contributed by atoms with van der Waals surface area (Å²) >= 11 is 7.32. The van der Waals surface area contributed by atoms with E-state index in [-0.39, 0.29) is 11.6 Å². The molecule has 0 spiro atoms. The van der Waals surface area contributed by atoms with Crippen molar-refractivity contribution in [3.63, 3.8) is 0 Å². The van der Waals surface area contributed by atoms with Gasteiger partial charge in [0.2, 0.25) is 0 Å². The summed E-state index contributed by atoms with van der Waals surface area (Å²) in [7, 11) is 0. The Morgan fingerprint density at radius 3 is 2.86 bits per heavy atom. The van der Waals surface area contributed by atoms with E-state index in [1.807, 2.05) is 29.6 Å². The molecule has 2 heterocycles. The highest BCUT2D eigenvalue weighted by atomic mass is 35.5. The second-order valence-corrected chi connectivity index (χ2v) is 7.51. The molecule has 1 atom stereocenters. The molecule has 0 aliphatic rings. The van der Waals surface area contributed by atoms with Crippen molar-refractivity contribution in [2.24, 2.45) is 4.99 Å². The summed E-state index contributed by atoms with van der Waals surface area (Å²) in [5, 5.41) is 18.7. The van der Waals surface area contributed by atoms with Gasteiger partial charge in [-0.3, -0.25) is 0 Å². The standard InChI is InChI=1S/C20H21ClFN3O2S/c21-17-6-5-14(11-18(17)22)19(26)13-25-20(24-12-16-4-2-10-28-16)23-8-7-15-3-1-9-27-15/h1-6,9-11,19,26H,7-8,12-13H2,(H2,23,24,25). The first kappa shape index (κ1) is 20.4. The molecule has 28 heavy (non-hydrogen) atoms. The van der Waals surface area contributed by atoms with E-state index in [2.05, 4.69) is 15.6 Å². The molecule has 3 aromatic rings. The highest BCUT2D eigenvalue weighted by Gasteiger charge is 2.11. The lowest BCUT2D eigenvalue weighted by Gasteiger charge is -2.16. The zero-order valence-corrected chi connectivity index (χ0v) is 16.6. The van der Waals surface area contributed by atoms with Crippen molar-refractivity contribution in [1.82, 2.24) is 10.6 Å². The van der Waals surface area contributed by atoms with Gasteiger partial charge in [-0.15, -0.1) is 11.3 Å². The Hall–Kier alpha value is -2.35. The summed E-state index contributed by atoms with van der Waals surface area (Å²) in [6.45, 7) is 1.33. The van der Waals surface area contributed by atoms with Gasteiger partial charge in [-0.05, 0) is 41.3 Å². The number of aliphatic hydroxyl groups excluding tert-OH is 1. The monoisotopic (exact) mass is 421 g/mol. The van der Waals surface area contributed by atoms with Crippen molar-refractivity contribution < 1.29 is 13.9 Å². The Labute approximate surface area is 171 Å².